The van der Waals surface area contributed by atoms with E-state index in [1.54, 1.807) is 0 Å². The van der Waals surface area contributed by atoms with Gasteiger partial charge in [-0.05, 0) is 6.92 Å². The average Bonchev–Trinajstić information content (AvgIpc) is 2.30. The first-order valence-corrected chi connectivity index (χ1v) is 7.70. The topological polar surface area (TPSA) is 32.3 Å². The van der Waals surface area contributed by atoms with Crippen LogP contribution in [0.1, 0.15) is 6.92 Å². The molecule has 2 fully saturated rings. The van der Waals surface area contributed by atoms with Crippen LogP contribution < -0.4 is 5.32 Å². The Balaban J connectivity index is 1.92. The van der Waals surface area contributed by atoms with Crippen molar-refractivity contribution >= 4 is 29.4 Å². The van der Waals surface area contributed by atoms with E-state index in [4.69, 9.17) is 0 Å². The zero-order valence-corrected chi connectivity index (χ0v) is 10.7. The second-order valence-electron chi connectivity index (χ2n) is 4.02. The molecule has 1 N–H and O–H groups in total. The van der Waals surface area contributed by atoms with Crippen LogP contribution in [0.5, 0.6) is 0 Å². The van der Waals surface area contributed by atoms with Crippen molar-refractivity contribution in [1.29, 1.82) is 0 Å². The quantitative estimate of drug-likeness (QED) is 0.736. The highest BCUT2D eigenvalue weighted by Crippen LogP contribution is 2.26. The normalized spacial score (nSPS) is 32.7. The lowest BCUT2D eigenvalue weighted by Gasteiger charge is -2.36. The summed E-state index contributed by atoms with van der Waals surface area (Å²) in [5, 5.41) is 3.53. The Morgan fingerprint density at radius 2 is 2.33 bits per heavy atom. The van der Waals surface area contributed by atoms with Crippen molar-refractivity contribution in [1.82, 2.24) is 10.2 Å². The molecule has 0 aromatic rings. The van der Waals surface area contributed by atoms with Gasteiger partial charge in [-0.15, -0.1) is 11.8 Å². The minimum absolute atomic E-state index is 0.212. The zero-order chi connectivity index (χ0) is 10.7. The molecule has 0 saturated carbocycles. The summed E-state index contributed by atoms with van der Waals surface area (Å²) in [6, 6.07) is 0.360. The lowest BCUT2D eigenvalue weighted by molar-refractivity contribution is -0.132. The maximum Gasteiger partial charge on any atom is 0.236 e. The third-order valence-corrected chi connectivity index (χ3v) is 5.62. The van der Waals surface area contributed by atoms with Crippen LogP contribution in [0.25, 0.3) is 0 Å². The van der Waals surface area contributed by atoms with E-state index in [0.29, 0.717) is 11.9 Å². The van der Waals surface area contributed by atoms with E-state index < -0.39 is 0 Å². The van der Waals surface area contributed by atoms with Gasteiger partial charge in [0.05, 0.1) is 5.25 Å². The van der Waals surface area contributed by atoms with Gasteiger partial charge in [0.2, 0.25) is 5.91 Å². The van der Waals surface area contributed by atoms with Gasteiger partial charge in [-0.25, -0.2) is 0 Å². The number of amides is 1. The molecular formula is C10H18N2OS2. The Hall–Kier alpha value is 0.130. The van der Waals surface area contributed by atoms with Gasteiger partial charge in [-0.2, -0.15) is 11.8 Å². The molecule has 3 nitrogen and oxygen atoms in total. The predicted octanol–water partition coefficient (Wildman–Crippen LogP) is 0.655. The maximum atomic E-state index is 12.2. The van der Waals surface area contributed by atoms with Crippen LogP contribution in [-0.4, -0.2) is 59.0 Å². The highest BCUT2D eigenvalue weighted by atomic mass is 32.2. The van der Waals surface area contributed by atoms with Crippen molar-refractivity contribution in [3.63, 3.8) is 0 Å². The van der Waals surface area contributed by atoms with Gasteiger partial charge < -0.3 is 10.2 Å². The Morgan fingerprint density at radius 3 is 3.00 bits per heavy atom. The van der Waals surface area contributed by atoms with E-state index in [1.165, 1.54) is 5.75 Å². The monoisotopic (exact) mass is 246 g/mol. The van der Waals surface area contributed by atoms with Crippen LogP contribution in [0.15, 0.2) is 0 Å². The first-order valence-electron chi connectivity index (χ1n) is 5.49. The minimum Gasteiger partial charge on any atom is -0.336 e. The first-order chi connectivity index (χ1) is 7.29. The van der Waals surface area contributed by atoms with Crippen molar-refractivity contribution < 1.29 is 4.79 Å². The molecule has 0 bridgehead atoms. The van der Waals surface area contributed by atoms with Gasteiger partial charge in [0.15, 0.2) is 0 Å². The molecule has 2 heterocycles. The van der Waals surface area contributed by atoms with Crippen LogP contribution in [0.2, 0.25) is 0 Å². The van der Waals surface area contributed by atoms with Crippen LogP contribution in [0, 0.1) is 0 Å². The Kier molecular flexibility index (Phi) is 4.22. The summed E-state index contributed by atoms with van der Waals surface area (Å²) in [6.07, 6.45) is 0. The summed E-state index contributed by atoms with van der Waals surface area (Å²) >= 11 is 3.75. The number of thioether (sulfide) groups is 2. The molecule has 1 amide bonds. The largest absolute Gasteiger partial charge is 0.336 e. The molecule has 0 radical (unpaired) electrons. The molecule has 0 aromatic heterocycles. The second kappa shape index (κ2) is 5.46. The fraction of sp³-hybridized carbons (Fsp3) is 0.900. The minimum atomic E-state index is 0.212. The summed E-state index contributed by atoms with van der Waals surface area (Å²) < 4.78 is 0. The molecule has 2 atom stereocenters. The third kappa shape index (κ3) is 2.82. The second-order valence-corrected chi connectivity index (χ2v) is 6.48. The smallest absolute Gasteiger partial charge is 0.236 e. The number of hydrogen-bond donors (Lipinski definition) is 1. The summed E-state index contributed by atoms with van der Waals surface area (Å²) in [5.74, 6) is 3.69. The van der Waals surface area contributed by atoms with Crippen LogP contribution in [0.3, 0.4) is 0 Å². The van der Waals surface area contributed by atoms with E-state index >= 15 is 0 Å². The number of hydrogen-bond acceptors (Lipinski definition) is 4. The van der Waals surface area contributed by atoms with E-state index in [-0.39, 0.29) is 5.25 Å². The first kappa shape index (κ1) is 11.6. The van der Waals surface area contributed by atoms with E-state index in [1.807, 2.05) is 23.5 Å². The van der Waals surface area contributed by atoms with E-state index in [2.05, 4.69) is 17.1 Å². The number of piperazine rings is 1. The molecular weight excluding hydrogens is 228 g/mol. The fourth-order valence-electron chi connectivity index (χ4n) is 1.98. The Labute approximate surface area is 99.7 Å². The molecule has 0 spiro atoms. The lowest BCUT2D eigenvalue weighted by atomic mass is 10.2. The van der Waals surface area contributed by atoms with Gasteiger partial charge in [0.25, 0.3) is 0 Å². The average molecular weight is 246 g/mol. The summed E-state index contributed by atoms with van der Waals surface area (Å²) in [5.41, 5.74) is 0. The van der Waals surface area contributed by atoms with E-state index in [9.17, 15) is 4.79 Å². The van der Waals surface area contributed by atoms with Gasteiger partial charge >= 0.3 is 0 Å². The highest BCUT2D eigenvalue weighted by Gasteiger charge is 2.30. The van der Waals surface area contributed by atoms with Gasteiger partial charge in [0, 0.05) is 42.9 Å². The molecule has 1 unspecified atom stereocenters. The molecule has 2 aliphatic rings. The number of carbonyl (C=O) groups excluding carboxylic acids is 1. The molecule has 2 saturated heterocycles. The summed E-state index contributed by atoms with van der Waals surface area (Å²) in [7, 11) is 0. The molecule has 15 heavy (non-hydrogen) atoms. The number of nitrogens with one attached hydrogen (secondary N) is 1. The van der Waals surface area contributed by atoms with Crippen molar-refractivity contribution in [3.8, 4) is 0 Å². The van der Waals surface area contributed by atoms with E-state index in [0.717, 1.165) is 31.1 Å². The van der Waals surface area contributed by atoms with Gasteiger partial charge in [-0.3, -0.25) is 4.79 Å². The third-order valence-electron chi connectivity index (χ3n) is 2.88. The van der Waals surface area contributed by atoms with Crippen molar-refractivity contribution in [2.24, 2.45) is 0 Å². The molecule has 2 rings (SSSR count). The SMILES string of the molecule is C[C@H]1CNCCN1C(=O)C1CSCCS1. The number of nitrogens with zero attached hydrogens (tertiary/aromatic N) is 1. The van der Waals surface area contributed by atoms with Crippen LogP contribution >= 0.6 is 23.5 Å². The zero-order valence-electron chi connectivity index (χ0n) is 9.07. The number of carbonyl (C=O) groups is 1. The Bertz CT molecular complexity index is 231. The fourth-order valence-corrected chi connectivity index (χ4v) is 4.60. The number of rotatable bonds is 1. The summed E-state index contributed by atoms with van der Waals surface area (Å²) in [4.78, 5) is 14.3. The maximum absolute atomic E-state index is 12.2. The van der Waals surface area contributed by atoms with Crippen LogP contribution in [-0.2, 0) is 4.79 Å². The predicted molar refractivity (Wildman–Crippen MR) is 67.6 cm³/mol. The standard InChI is InChI=1S/C10H18N2OS2/c1-8-6-11-2-3-12(8)10(13)9-7-14-4-5-15-9/h8-9,11H,2-7H2,1H3/t8-,9?/m0/s1. The Morgan fingerprint density at radius 1 is 1.47 bits per heavy atom. The highest BCUT2D eigenvalue weighted by molar-refractivity contribution is 8.07. The molecule has 5 heteroatoms. The summed E-state index contributed by atoms with van der Waals surface area (Å²) in [6.45, 7) is 4.89. The molecule has 2 aliphatic heterocycles. The van der Waals surface area contributed by atoms with Crippen molar-refractivity contribution in [2.75, 3.05) is 36.9 Å². The molecule has 0 aromatic carbocycles. The van der Waals surface area contributed by atoms with Crippen LogP contribution in [0.4, 0.5) is 0 Å². The lowest BCUT2D eigenvalue weighted by Crippen LogP contribution is -2.55. The van der Waals surface area contributed by atoms with Crippen molar-refractivity contribution in [3.05, 3.63) is 0 Å². The van der Waals surface area contributed by atoms with Gasteiger partial charge in [0.1, 0.15) is 0 Å². The molecule has 0 aliphatic carbocycles. The van der Waals surface area contributed by atoms with Crippen molar-refractivity contribution in [2.45, 2.75) is 18.2 Å². The van der Waals surface area contributed by atoms with Gasteiger partial charge in [-0.1, -0.05) is 0 Å². The molecule has 86 valence electrons.